The van der Waals surface area contributed by atoms with E-state index in [2.05, 4.69) is 13.5 Å². The molecule has 1 rings (SSSR count). The molecule has 66 valence electrons. The average molecular weight is 164 g/mol. The summed E-state index contributed by atoms with van der Waals surface area (Å²) in [7, 11) is 0. The average Bonchev–Trinajstić information content (AvgIpc) is 2.36. The molecule has 1 aliphatic carbocycles. The van der Waals surface area contributed by atoms with Gasteiger partial charge in [-0.1, -0.05) is 32.4 Å². The molecule has 0 saturated carbocycles. The normalized spacial score (nSPS) is 16.9. The van der Waals surface area contributed by atoms with Crippen LogP contribution in [-0.2, 0) is 4.79 Å². The molecule has 1 heteroatoms. The maximum atomic E-state index is 11.3. The molecule has 0 aliphatic heterocycles. The smallest absolute Gasteiger partial charge is 0.184 e. The summed E-state index contributed by atoms with van der Waals surface area (Å²) in [5.74, 6) is 0.200. The predicted octanol–water partition coefficient (Wildman–Crippen LogP) is 3.02. The summed E-state index contributed by atoms with van der Waals surface area (Å²) in [5, 5.41) is 0. The van der Waals surface area contributed by atoms with Crippen molar-refractivity contribution in [1.29, 1.82) is 0 Å². The fourth-order valence-corrected chi connectivity index (χ4v) is 1.44. The van der Waals surface area contributed by atoms with E-state index in [9.17, 15) is 4.79 Å². The summed E-state index contributed by atoms with van der Waals surface area (Å²) in [5.41, 5.74) is 1.76. The molecule has 0 radical (unpaired) electrons. The van der Waals surface area contributed by atoms with Crippen LogP contribution >= 0.6 is 0 Å². The third kappa shape index (κ3) is 2.07. The second-order valence-electron chi connectivity index (χ2n) is 3.32. The second-order valence-corrected chi connectivity index (χ2v) is 3.32. The minimum absolute atomic E-state index is 0.200. The Balaban J connectivity index is 2.34. The quantitative estimate of drug-likeness (QED) is 0.461. The lowest BCUT2D eigenvalue weighted by Crippen LogP contribution is -1.97. The van der Waals surface area contributed by atoms with Crippen LogP contribution in [0.1, 0.15) is 39.0 Å². The van der Waals surface area contributed by atoms with Crippen LogP contribution in [0, 0.1) is 0 Å². The second kappa shape index (κ2) is 4.24. The van der Waals surface area contributed by atoms with Crippen LogP contribution in [0.25, 0.3) is 0 Å². The molecule has 0 unspecified atom stereocenters. The van der Waals surface area contributed by atoms with E-state index in [1.54, 1.807) is 0 Å². The highest BCUT2D eigenvalue weighted by atomic mass is 16.1. The van der Waals surface area contributed by atoms with Crippen molar-refractivity contribution in [2.24, 2.45) is 0 Å². The molecular formula is C11H16O. The number of Topliss-reactive ketones (excluding diaryl/α,β-unsaturated/α-hetero) is 1. The lowest BCUT2D eigenvalue weighted by molar-refractivity contribution is -0.112. The number of hydrogen-bond acceptors (Lipinski definition) is 1. The van der Waals surface area contributed by atoms with Crippen molar-refractivity contribution in [2.75, 3.05) is 0 Å². The molecule has 0 aromatic carbocycles. The summed E-state index contributed by atoms with van der Waals surface area (Å²) in [4.78, 5) is 11.3. The molecule has 0 fully saturated rings. The lowest BCUT2D eigenvalue weighted by atomic mass is 10.1. The van der Waals surface area contributed by atoms with Gasteiger partial charge in [-0.15, -0.1) is 0 Å². The number of rotatable bonds is 4. The van der Waals surface area contributed by atoms with Crippen molar-refractivity contribution in [1.82, 2.24) is 0 Å². The topological polar surface area (TPSA) is 17.1 Å². The molecule has 0 spiro atoms. The Bertz CT molecular complexity index is 223. The van der Waals surface area contributed by atoms with Crippen LogP contribution in [0.3, 0.4) is 0 Å². The molecule has 0 heterocycles. The molecular weight excluding hydrogens is 148 g/mol. The van der Waals surface area contributed by atoms with Crippen molar-refractivity contribution in [3.05, 3.63) is 23.8 Å². The van der Waals surface area contributed by atoms with Gasteiger partial charge in [0, 0.05) is 0 Å². The van der Waals surface area contributed by atoms with Crippen LogP contribution in [0.2, 0.25) is 0 Å². The highest BCUT2D eigenvalue weighted by Crippen LogP contribution is 2.22. The number of ketones is 1. The first-order chi connectivity index (χ1) is 5.75. The molecule has 1 aliphatic rings. The van der Waals surface area contributed by atoms with Gasteiger partial charge < -0.3 is 0 Å². The van der Waals surface area contributed by atoms with Gasteiger partial charge in [0.2, 0.25) is 0 Å². The SMILES string of the molecule is C=C1CC=C(CCCCC)C1=O. The number of allylic oxidation sites excluding steroid dienone is 3. The maximum absolute atomic E-state index is 11.3. The Hall–Kier alpha value is -0.850. The van der Waals surface area contributed by atoms with E-state index in [4.69, 9.17) is 0 Å². The molecule has 0 bridgehead atoms. The Morgan fingerprint density at radius 2 is 2.25 bits per heavy atom. The number of unbranched alkanes of at least 4 members (excludes halogenated alkanes) is 2. The third-order valence-electron chi connectivity index (χ3n) is 2.26. The highest BCUT2D eigenvalue weighted by Gasteiger charge is 2.17. The van der Waals surface area contributed by atoms with Crippen LogP contribution in [0.15, 0.2) is 23.8 Å². The van der Waals surface area contributed by atoms with Crippen molar-refractivity contribution < 1.29 is 4.79 Å². The summed E-state index contributed by atoms with van der Waals surface area (Å²) in [6, 6.07) is 0. The zero-order valence-corrected chi connectivity index (χ0v) is 7.73. The molecule has 0 N–H and O–H groups in total. The van der Waals surface area contributed by atoms with E-state index in [0.29, 0.717) is 0 Å². The third-order valence-corrected chi connectivity index (χ3v) is 2.26. The van der Waals surface area contributed by atoms with Crippen molar-refractivity contribution in [2.45, 2.75) is 39.0 Å². The van der Waals surface area contributed by atoms with Crippen molar-refractivity contribution >= 4 is 5.78 Å². The fourth-order valence-electron chi connectivity index (χ4n) is 1.44. The number of carbonyl (C=O) groups is 1. The molecule has 1 nitrogen and oxygen atoms in total. The number of carbonyl (C=O) groups excluding carboxylic acids is 1. The van der Waals surface area contributed by atoms with Gasteiger partial charge in [-0.2, -0.15) is 0 Å². The first-order valence-corrected chi connectivity index (χ1v) is 4.67. The van der Waals surface area contributed by atoms with Gasteiger partial charge >= 0.3 is 0 Å². The van der Waals surface area contributed by atoms with Gasteiger partial charge in [0.1, 0.15) is 0 Å². The van der Waals surface area contributed by atoms with E-state index in [1.807, 2.05) is 6.08 Å². The summed E-state index contributed by atoms with van der Waals surface area (Å²) in [6.07, 6.45) is 7.33. The zero-order valence-electron chi connectivity index (χ0n) is 7.73. The minimum atomic E-state index is 0.200. The van der Waals surface area contributed by atoms with E-state index in [-0.39, 0.29) is 5.78 Å². The first kappa shape index (κ1) is 9.24. The van der Waals surface area contributed by atoms with Gasteiger partial charge in [-0.05, 0) is 30.4 Å². The predicted molar refractivity (Wildman–Crippen MR) is 51.0 cm³/mol. The summed E-state index contributed by atoms with van der Waals surface area (Å²) >= 11 is 0. The number of hydrogen-bond donors (Lipinski definition) is 0. The summed E-state index contributed by atoms with van der Waals surface area (Å²) in [6.45, 7) is 5.88. The Kier molecular flexibility index (Phi) is 3.27. The van der Waals surface area contributed by atoms with E-state index >= 15 is 0 Å². The van der Waals surface area contributed by atoms with Gasteiger partial charge in [-0.25, -0.2) is 0 Å². The van der Waals surface area contributed by atoms with Crippen molar-refractivity contribution in [3.63, 3.8) is 0 Å². The summed E-state index contributed by atoms with van der Waals surface area (Å²) < 4.78 is 0. The fraction of sp³-hybridized carbons (Fsp3) is 0.545. The Labute approximate surface area is 74.2 Å². The monoisotopic (exact) mass is 164 g/mol. The van der Waals surface area contributed by atoms with Gasteiger partial charge in [0.05, 0.1) is 0 Å². The van der Waals surface area contributed by atoms with Crippen LogP contribution in [-0.4, -0.2) is 5.78 Å². The highest BCUT2D eigenvalue weighted by molar-refractivity contribution is 6.10. The van der Waals surface area contributed by atoms with Crippen LogP contribution < -0.4 is 0 Å². The standard InChI is InChI=1S/C11H16O/c1-3-4-5-6-10-8-7-9(2)11(10)12/h8H,2-7H2,1H3. The Morgan fingerprint density at radius 1 is 1.50 bits per heavy atom. The van der Waals surface area contributed by atoms with E-state index in [0.717, 1.165) is 30.4 Å². The van der Waals surface area contributed by atoms with E-state index < -0.39 is 0 Å². The van der Waals surface area contributed by atoms with Crippen LogP contribution in [0.5, 0.6) is 0 Å². The minimum Gasteiger partial charge on any atom is -0.289 e. The molecule has 0 amide bonds. The van der Waals surface area contributed by atoms with Gasteiger partial charge in [0.15, 0.2) is 5.78 Å². The molecule has 0 aromatic heterocycles. The van der Waals surface area contributed by atoms with E-state index in [1.165, 1.54) is 12.8 Å². The first-order valence-electron chi connectivity index (χ1n) is 4.67. The molecule has 12 heavy (non-hydrogen) atoms. The Morgan fingerprint density at radius 3 is 2.75 bits per heavy atom. The maximum Gasteiger partial charge on any atom is 0.184 e. The van der Waals surface area contributed by atoms with Gasteiger partial charge in [0.25, 0.3) is 0 Å². The molecule has 0 saturated heterocycles. The lowest BCUT2D eigenvalue weighted by Gasteiger charge is -1.98. The zero-order chi connectivity index (χ0) is 8.97. The van der Waals surface area contributed by atoms with Crippen LogP contribution in [0.4, 0.5) is 0 Å². The van der Waals surface area contributed by atoms with Crippen molar-refractivity contribution in [3.8, 4) is 0 Å². The molecule has 0 atom stereocenters. The molecule has 0 aromatic rings. The largest absolute Gasteiger partial charge is 0.289 e. The van der Waals surface area contributed by atoms with Gasteiger partial charge in [-0.3, -0.25) is 4.79 Å².